The molecule has 1 aromatic carbocycles. The number of esters is 2. The molecule has 1 saturated heterocycles. The third kappa shape index (κ3) is 5.88. The third-order valence-corrected chi connectivity index (χ3v) is 6.87. The Morgan fingerprint density at radius 3 is 2.50 bits per heavy atom. The summed E-state index contributed by atoms with van der Waals surface area (Å²) in [6.45, 7) is 2.16. The Hall–Kier alpha value is -4.92. The number of nitrogens with zero attached hydrogens (tertiary/aromatic N) is 4. The van der Waals surface area contributed by atoms with Gasteiger partial charge in [-0.25, -0.2) is 9.78 Å². The van der Waals surface area contributed by atoms with E-state index >= 15 is 0 Å². The number of nitrogen functional groups attached to an aromatic ring is 1. The Bertz CT molecular complexity index is 1670. The average Bonchev–Trinajstić information content (AvgIpc) is 3.29. The van der Waals surface area contributed by atoms with Crippen LogP contribution >= 0.6 is 11.8 Å². The second kappa shape index (κ2) is 11.9. The van der Waals surface area contributed by atoms with E-state index in [1.807, 2.05) is 18.2 Å². The molecule has 3 atom stereocenters. The van der Waals surface area contributed by atoms with Crippen molar-refractivity contribution in [1.82, 2.24) is 14.5 Å². The second-order valence-electron chi connectivity index (χ2n) is 8.59. The number of aromatic nitrogens is 3. The summed E-state index contributed by atoms with van der Waals surface area (Å²) in [6.07, 6.45) is -1.67. The van der Waals surface area contributed by atoms with Gasteiger partial charge in [-0.15, -0.1) is 0 Å². The quantitative estimate of drug-likeness (QED) is 0.396. The molecule has 0 saturated carbocycles. The molecule has 4 rings (SSSR count). The fraction of sp³-hybridized carbons (Fsp3) is 0.269. The lowest BCUT2D eigenvalue weighted by Gasteiger charge is -2.18. The predicted molar refractivity (Wildman–Crippen MR) is 140 cm³/mol. The number of carbonyl (C=O) groups excluding carboxylic acids is 2. The van der Waals surface area contributed by atoms with Crippen LogP contribution in [0.5, 0.6) is 0 Å². The van der Waals surface area contributed by atoms with E-state index in [2.05, 4.69) is 9.97 Å². The van der Waals surface area contributed by atoms with Crippen molar-refractivity contribution in [3.8, 4) is 23.3 Å². The molecule has 13 nitrogen and oxygen atoms in total. The number of nitrogens with one attached hydrogen (secondary N) is 1. The van der Waals surface area contributed by atoms with Crippen molar-refractivity contribution in [2.75, 3.05) is 12.3 Å². The molecule has 204 valence electrons. The van der Waals surface area contributed by atoms with Crippen LogP contribution in [0.3, 0.4) is 0 Å². The highest BCUT2D eigenvalue weighted by atomic mass is 32.2. The first kappa shape index (κ1) is 28.1. The summed E-state index contributed by atoms with van der Waals surface area (Å²) in [6, 6.07) is 12.9. The van der Waals surface area contributed by atoms with Crippen LogP contribution in [-0.4, -0.2) is 45.3 Å². The van der Waals surface area contributed by atoms with E-state index in [1.54, 1.807) is 24.3 Å². The predicted octanol–water partition coefficient (Wildman–Crippen LogP) is 1.86. The molecule has 0 bridgehead atoms. The highest BCUT2D eigenvalue weighted by Gasteiger charge is 2.40. The normalized spacial score (nSPS) is 17.9. The minimum atomic E-state index is -1.05. The van der Waals surface area contributed by atoms with Gasteiger partial charge < -0.3 is 19.9 Å². The van der Waals surface area contributed by atoms with Crippen LogP contribution in [0.1, 0.15) is 37.6 Å². The topological polar surface area (TPSA) is 203 Å². The van der Waals surface area contributed by atoms with Crippen LogP contribution in [0.25, 0.3) is 11.1 Å². The summed E-state index contributed by atoms with van der Waals surface area (Å²) < 4.78 is 17.2. The van der Waals surface area contributed by atoms with Crippen LogP contribution in [0.15, 0.2) is 56.0 Å². The highest BCUT2D eigenvalue weighted by molar-refractivity contribution is 7.99. The molecule has 1 fully saturated rings. The molecular weight excluding hydrogens is 540 g/mol. The fourth-order valence-corrected chi connectivity index (χ4v) is 5.09. The van der Waals surface area contributed by atoms with Crippen LogP contribution < -0.4 is 17.0 Å². The number of nitriles is 2. The molecule has 0 spiro atoms. The molecule has 1 aliphatic heterocycles. The minimum absolute atomic E-state index is 0.0132. The zero-order valence-electron chi connectivity index (χ0n) is 21.2. The lowest BCUT2D eigenvalue weighted by Crippen LogP contribution is -2.33. The molecule has 1 aliphatic rings. The van der Waals surface area contributed by atoms with Crippen LogP contribution in [0.4, 0.5) is 5.82 Å². The molecule has 2 aromatic heterocycles. The van der Waals surface area contributed by atoms with Gasteiger partial charge in [0.1, 0.15) is 53.6 Å². The van der Waals surface area contributed by atoms with E-state index in [0.29, 0.717) is 0 Å². The molecule has 1 unspecified atom stereocenters. The number of H-pyrrole nitrogens is 1. The number of benzene rings is 1. The number of carbonyl (C=O) groups is 2. The number of aromatic amines is 1. The third-order valence-electron chi connectivity index (χ3n) is 5.87. The highest BCUT2D eigenvalue weighted by Crippen LogP contribution is 2.37. The minimum Gasteiger partial charge on any atom is -0.463 e. The van der Waals surface area contributed by atoms with Crippen molar-refractivity contribution in [2.45, 2.75) is 48.6 Å². The monoisotopic (exact) mass is 562 g/mol. The standard InChI is InChI=1S/C26H22N6O7S/c1-13(33)37-12-20-19(38-14(2)34)8-21(39-20)32-11-18(24(35)31-26(32)36)22-16(9-27)23(29)30-25(17(22)10-28)40-15-6-4-3-5-7-15/h3-7,11,19-21H,8,12H2,1-2H3,(H2,29,30)(H,31,35,36)/t19?,20-,21-/m1/s1. The number of nitrogens with two attached hydrogens (primary N) is 1. The van der Waals surface area contributed by atoms with E-state index in [4.69, 9.17) is 19.9 Å². The SMILES string of the molecule is CC(=O)OC[C@H]1O[C@@H](n2cc(-c3c(C#N)c(N)nc(Sc4ccccc4)c3C#N)c(=O)[nH]c2=O)CC1OC(C)=O. The Kier molecular flexibility index (Phi) is 8.33. The van der Waals surface area contributed by atoms with Gasteiger partial charge in [-0.1, -0.05) is 30.0 Å². The average molecular weight is 563 g/mol. The van der Waals surface area contributed by atoms with Crippen molar-refractivity contribution in [2.24, 2.45) is 0 Å². The van der Waals surface area contributed by atoms with Gasteiger partial charge >= 0.3 is 17.6 Å². The Morgan fingerprint density at radius 1 is 1.18 bits per heavy atom. The van der Waals surface area contributed by atoms with Gasteiger partial charge in [0.05, 0.1) is 11.1 Å². The first-order chi connectivity index (χ1) is 19.1. The van der Waals surface area contributed by atoms with Crippen LogP contribution in [-0.2, 0) is 23.8 Å². The zero-order chi connectivity index (χ0) is 29.0. The number of pyridine rings is 1. The molecule has 40 heavy (non-hydrogen) atoms. The summed E-state index contributed by atoms with van der Waals surface area (Å²) in [5.41, 5.74) is 3.74. The summed E-state index contributed by atoms with van der Waals surface area (Å²) in [5, 5.41) is 20.1. The van der Waals surface area contributed by atoms with Gasteiger partial charge in [0.25, 0.3) is 5.56 Å². The van der Waals surface area contributed by atoms with Gasteiger partial charge in [-0.05, 0) is 12.1 Å². The largest absolute Gasteiger partial charge is 0.463 e. The van der Waals surface area contributed by atoms with Gasteiger partial charge in [0.15, 0.2) is 0 Å². The first-order valence-electron chi connectivity index (χ1n) is 11.8. The smallest absolute Gasteiger partial charge is 0.330 e. The zero-order valence-corrected chi connectivity index (χ0v) is 22.1. The van der Waals surface area contributed by atoms with Gasteiger partial charge in [-0.3, -0.25) is 23.9 Å². The Balaban J connectivity index is 1.83. The Morgan fingerprint density at radius 2 is 1.88 bits per heavy atom. The Labute approximate surface area is 231 Å². The molecule has 14 heteroatoms. The maximum absolute atomic E-state index is 13.1. The maximum Gasteiger partial charge on any atom is 0.330 e. The lowest BCUT2D eigenvalue weighted by atomic mass is 9.99. The summed E-state index contributed by atoms with van der Waals surface area (Å²) in [4.78, 5) is 56.0. The molecule has 3 N–H and O–H groups in total. The van der Waals surface area contributed by atoms with Crippen LogP contribution in [0, 0.1) is 22.7 Å². The van der Waals surface area contributed by atoms with Crippen molar-refractivity contribution < 1.29 is 23.8 Å². The molecule has 0 aliphatic carbocycles. The summed E-state index contributed by atoms with van der Waals surface area (Å²) >= 11 is 1.12. The van der Waals surface area contributed by atoms with Gasteiger partial charge in [-0.2, -0.15) is 10.5 Å². The van der Waals surface area contributed by atoms with E-state index in [0.717, 1.165) is 27.4 Å². The van der Waals surface area contributed by atoms with E-state index in [-0.39, 0.29) is 46.1 Å². The lowest BCUT2D eigenvalue weighted by molar-refractivity contribution is -0.155. The summed E-state index contributed by atoms with van der Waals surface area (Å²) in [7, 11) is 0. The van der Waals surface area contributed by atoms with E-state index < -0.39 is 41.6 Å². The molecular formula is C26H22N6O7S. The van der Waals surface area contributed by atoms with Gasteiger partial charge in [0.2, 0.25) is 0 Å². The molecule has 3 heterocycles. The maximum atomic E-state index is 13.1. The van der Waals surface area contributed by atoms with Crippen molar-refractivity contribution >= 4 is 29.5 Å². The summed E-state index contributed by atoms with van der Waals surface area (Å²) in [5.74, 6) is -1.39. The van der Waals surface area contributed by atoms with Crippen LogP contribution in [0.2, 0.25) is 0 Å². The molecule has 0 radical (unpaired) electrons. The number of ether oxygens (including phenoxy) is 3. The number of rotatable bonds is 7. The van der Waals surface area contributed by atoms with Crippen molar-refractivity contribution in [1.29, 1.82) is 10.5 Å². The number of hydrogen-bond acceptors (Lipinski definition) is 12. The fourth-order valence-electron chi connectivity index (χ4n) is 4.18. The number of anilines is 1. The van der Waals surface area contributed by atoms with Gasteiger partial charge in [0, 0.05) is 36.9 Å². The van der Waals surface area contributed by atoms with Crippen molar-refractivity contribution in [3.05, 3.63) is 68.5 Å². The van der Waals surface area contributed by atoms with E-state index in [9.17, 15) is 29.7 Å². The van der Waals surface area contributed by atoms with Crippen molar-refractivity contribution in [3.63, 3.8) is 0 Å². The first-order valence-corrected chi connectivity index (χ1v) is 12.6. The molecule has 3 aromatic rings. The number of hydrogen-bond donors (Lipinski definition) is 2. The van der Waals surface area contributed by atoms with E-state index in [1.165, 1.54) is 13.8 Å². The second-order valence-corrected chi connectivity index (χ2v) is 9.65. The molecule has 0 amide bonds.